The summed E-state index contributed by atoms with van der Waals surface area (Å²) < 4.78 is 33.3. The first-order chi connectivity index (χ1) is 15.5. The van der Waals surface area contributed by atoms with Crippen molar-refractivity contribution in [3.05, 3.63) is 33.7 Å². The number of carbonyl (C=O) groups excluding carboxylic acids is 1. The molecule has 1 atom stereocenters. The minimum Gasteiger partial charge on any atom is -0.477 e. The molecule has 1 aromatic rings. The second kappa shape index (κ2) is 8.91. The SMILES string of the molecule is CC(CCO[Si](C)(C)C(C)(C)C)S(=O)(=O)C1(CN2CCn3c(ccc(C(=O)O)c3=O)C2=O)CC1. The largest absolute Gasteiger partial charge is 0.477 e. The van der Waals surface area contributed by atoms with Gasteiger partial charge in [0.25, 0.3) is 11.5 Å². The number of amides is 1. The van der Waals surface area contributed by atoms with E-state index in [1.807, 2.05) is 0 Å². The molecule has 0 saturated heterocycles. The van der Waals surface area contributed by atoms with Crippen molar-refractivity contribution in [1.29, 1.82) is 0 Å². The topological polar surface area (TPSA) is 123 Å². The van der Waals surface area contributed by atoms with Crippen LogP contribution in [0.3, 0.4) is 0 Å². The van der Waals surface area contributed by atoms with Crippen LogP contribution in [0.25, 0.3) is 0 Å². The number of fused-ring (bicyclic) bond motifs is 1. The lowest BCUT2D eigenvalue weighted by atomic mass is 10.1. The van der Waals surface area contributed by atoms with Crippen molar-refractivity contribution >= 4 is 30.0 Å². The number of pyridine rings is 1. The van der Waals surface area contributed by atoms with Gasteiger partial charge in [0.1, 0.15) is 11.3 Å². The number of sulfone groups is 1. The molecular formula is C23H36N2O7SSi. The average molecular weight is 513 g/mol. The average Bonchev–Trinajstić information content (AvgIpc) is 3.50. The summed E-state index contributed by atoms with van der Waals surface area (Å²) in [4.78, 5) is 38.1. The molecule has 34 heavy (non-hydrogen) atoms. The number of hydrogen-bond donors (Lipinski definition) is 1. The lowest BCUT2D eigenvalue weighted by Crippen LogP contribution is -2.50. The lowest BCUT2D eigenvalue weighted by Gasteiger charge is -2.36. The van der Waals surface area contributed by atoms with Crippen molar-refractivity contribution < 1.29 is 27.5 Å². The number of carboxylic acid groups (broad SMARTS) is 1. The maximum atomic E-state index is 13.5. The highest BCUT2D eigenvalue weighted by atomic mass is 32.2. The summed E-state index contributed by atoms with van der Waals surface area (Å²) in [5.41, 5.74) is -1.02. The van der Waals surface area contributed by atoms with Gasteiger partial charge in [-0.25, -0.2) is 13.2 Å². The lowest BCUT2D eigenvalue weighted by molar-refractivity contribution is 0.0671. The third-order valence-corrected chi connectivity index (χ3v) is 15.3. The minimum absolute atomic E-state index is 0.0466. The summed E-state index contributed by atoms with van der Waals surface area (Å²) in [6.45, 7) is 13.2. The van der Waals surface area contributed by atoms with Crippen molar-refractivity contribution in [1.82, 2.24) is 9.47 Å². The van der Waals surface area contributed by atoms with E-state index in [9.17, 15) is 22.8 Å². The van der Waals surface area contributed by atoms with Gasteiger partial charge < -0.3 is 19.0 Å². The van der Waals surface area contributed by atoms with Crippen LogP contribution in [0.5, 0.6) is 0 Å². The Balaban J connectivity index is 1.70. The Labute approximate surface area is 202 Å². The fourth-order valence-corrected chi connectivity index (χ4v) is 7.41. The van der Waals surface area contributed by atoms with Crippen LogP contribution in [0.15, 0.2) is 16.9 Å². The summed E-state index contributed by atoms with van der Waals surface area (Å²) in [6.07, 6.45) is 1.40. The van der Waals surface area contributed by atoms with E-state index in [4.69, 9.17) is 9.53 Å². The third-order valence-electron chi connectivity index (χ3n) is 7.72. The van der Waals surface area contributed by atoms with Gasteiger partial charge >= 0.3 is 5.97 Å². The molecule has 2 aliphatic rings. The molecule has 1 unspecified atom stereocenters. The van der Waals surface area contributed by atoms with E-state index in [0.717, 1.165) is 10.6 Å². The number of aromatic carboxylic acids is 1. The van der Waals surface area contributed by atoms with Crippen molar-refractivity contribution in [3.63, 3.8) is 0 Å². The quantitative estimate of drug-likeness (QED) is 0.505. The molecule has 9 nitrogen and oxygen atoms in total. The second-order valence-electron chi connectivity index (χ2n) is 11.1. The molecule has 1 aliphatic carbocycles. The highest BCUT2D eigenvalue weighted by Crippen LogP contribution is 2.47. The van der Waals surface area contributed by atoms with E-state index >= 15 is 0 Å². The number of hydrogen-bond acceptors (Lipinski definition) is 6. The van der Waals surface area contributed by atoms with Gasteiger partial charge in [0.15, 0.2) is 18.2 Å². The van der Waals surface area contributed by atoms with Crippen molar-refractivity contribution in [2.75, 3.05) is 19.7 Å². The molecule has 1 saturated carbocycles. The van der Waals surface area contributed by atoms with Gasteiger partial charge in [-0.2, -0.15) is 0 Å². The Morgan fingerprint density at radius 3 is 2.35 bits per heavy atom. The van der Waals surface area contributed by atoms with Gasteiger partial charge in [0.05, 0.1) is 10.00 Å². The Morgan fingerprint density at radius 1 is 1.21 bits per heavy atom. The summed E-state index contributed by atoms with van der Waals surface area (Å²) in [5.74, 6) is -1.79. The summed E-state index contributed by atoms with van der Waals surface area (Å²) >= 11 is 0. The summed E-state index contributed by atoms with van der Waals surface area (Å²) in [6, 6.07) is 2.46. The zero-order valence-corrected chi connectivity index (χ0v) is 22.7. The first-order valence-corrected chi connectivity index (χ1v) is 16.1. The smallest absolute Gasteiger partial charge is 0.341 e. The van der Waals surface area contributed by atoms with E-state index in [-0.39, 0.29) is 35.9 Å². The first kappa shape index (κ1) is 26.6. The Hall–Kier alpha value is -1.98. The molecule has 0 aromatic carbocycles. The molecule has 1 fully saturated rings. The van der Waals surface area contributed by atoms with Crippen LogP contribution in [0.2, 0.25) is 18.1 Å². The standard InChI is InChI=1S/C23H36N2O7SSi/c1-16(9-14-32-34(5,6)22(2,3)4)33(30,31)23(10-11-23)15-24-12-13-25-18(20(24)27)8-7-17(19(25)26)21(28)29/h7-8,16H,9-15H2,1-6H3,(H,28,29). The summed E-state index contributed by atoms with van der Waals surface area (Å²) in [7, 11) is -5.48. The molecule has 1 N–H and O–H groups in total. The van der Waals surface area contributed by atoms with Crippen LogP contribution in [0.1, 0.15) is 67.8 Å². The Kier molecular flexibility index (Phi) is 6.97. The van der Waals surface area contributed by atoms with E-state index in [0.29, 0.717) is 25.9 Å². The highest BCUT2D eigenvalue weighted by molar-refractivity contribution is 7.93. The number of nitrogens with zero attached hydrogens (tertiary/aromatic N) is 2. The molecule has 1 aromatic heterocycles. The van der Waals surface area contributed by atoms with Crippen LogP contribution in [0, 0.1) is 0 Å². The molecule has 11 heteroatoms. The molecular weight excluding hydrogens is 476 g/mol. The number of aromatic nitrogens is 1. The van der Waals surface area contributed by atoms with Crippen LogP contribution < -0.4 is 5.56 Å². The van der Waals surface area contributed by atoms with Crippen LogP contribution in [0.4, 0.5) is 0 Å². The van der Waals surface area contributed by atoms with Gasteiger partial charge in [0, 0.05) is 26.2 Å². The molecule has 2 heterocycles. The van der Waals surface area contributed by atoms with E-state index in [2.05, 4.69) is 33.9 Å². The highest BCUT2D eigenvalue weighted by Gasteiger charge is 2.57. The van der Waals surface area contributed by atoms with E-state index in [1.54, 1.807) is 6.92 Å². The maximum Gasteiger partial charge on any atom is 0.341 e. The van der Waals surface area contributed by atoms with Crippen molar-refractivity contribution in [3.8, 4) is 0 Å². The zero-order chi connectivity index (χ0) is 25.7. The van der Waals surface area contributed by atoms with Gasteiger partial charge in [-0.3, -0.25) is 9.59 Å². The Bertz CT molecular complexity index is 1150. The van der Waals surface area contributed by atoms with Crippen LogP contribution in [-0.4, -0.2) is 72.9 Å². The molecule has 3 rings (SSSR count). The van der Waals surface area contributed by atoms with Gasteiger partial charge in [-0.05, 0) is 56.5 Å². The molecule has 1 amide bonds. The normalized spacial score (nSPS) is 19.0. The van der Waals surface area contributed by atoms with Crippen molar-refractivity contribution in [2.45, 2.75) is 81.6 Å². The van der Waals surface area contributed by atoms with Crippen LogP contribution >= 0.6 is 0 Å². The van der Waals surface area contributed by atoms with Gasteiger partial charge in [0.2, 0.25) is 0 Å². The number of carbonyl (C=O) groups is 2. The predicted octanol–water partition coefficient (Wildman–Crippen LogP) is 2.75. The molecule has 0 spiro atoms. The molecule has 190 valence electrons. The van der Waals surface area contributed by atoms with Gasteiger partial charge in [-0.15, -0.1) is 0 Å². The minimum atomic E-state index is -3.51. The second-order valence-corrected chi connectivity index (χ2v) is 18.6. The van der Waals surface area contributed by atoms with Crippen molar-refractivity contribution in [2.24, 2.45) is 0 Å². The zero-order valence-electron chi connectivity index (χ0n) is 20.9. The van der Waals surface area contributed by atoms with Gasteiger partial charge in [-0.1, -0.05) is 20.8 Å². The molecule has 0 bridgehead atoms. The Morgan fingerprint density at radius 2 is 1.82 bits per heavy atom. The maximum absolute atomic E-state index is 13.5. The third kappa shape index (κ3) is 4.74. The van der Waals surface area contributed by atoms with E-state index < -0.39 is 45.6 Å². The monoisotopic (exact) mass is 512 g/mol. The molecule has 1 aliphatic heterocycles. The fourth-order valence-electron chi connectivity index (χ4n) is 4.08. The predicted molar refractivity (Wildman–Crippen MR) is 132 cm³/mol. The number of rotatable bonds is 9. The van der Waals surface area contributed by atoms with E-state index in [1.165, 1.54) is 11.0 Å². The summed E-state index contributed by atoms with van der Waals surface area (Å²) in [5, 5.41) is 8.61. The first-order valence-electron chi connectivity index (χ1n) is 11.7. The van der Waals surface area contributed by atoms with Crippen LogP contribution in [-0.2, 0) is 20.8 Å². The molecule has 0 radical (unpaired) electrons. The fraction of sp³-hybridized carbons (Fsp3) is 0.696. The number of carboxylic acids is 1.